The molecule has 2 rings (SSSR count). The van der Waals surface area contributed by atoms with Gasteiger partial charge in [-0.15, -0.1) is 0 Å². The summed E-state index contributed by atoms with van der Waals surface area (Å²) in [7, 11) is 0. The van der Waals surface area contributed by atoms with Gasteiger partial charge in [-0.05, 0) is 32.2 Å². The summed E-state index contributed by atoms with van der Waals surface area (Å²) >= 11 is 0. The first-order chi connectivity index (χ1) is 7.90. The Kier molecular flexibility index (Phi) is 5.03. The second-order valence-electron chi connectivity index (χ2n) is 4.78. The molecule has 2 unspecified atom stereocenters. The van der Waals surface area contributed by atoms with Gasteiger partial charge >= 0.3 is 0 Å². The fourth-order valence-electron chi connectivity index (χ4n) is 2.59. The molecule has 4 nitrogen and oxygen atoms in total. The van der Waals surface area contributed by atoms with Crippen LogP contribution in [0, 0.1) is 0 Å². The van der Waals surface area contributed by atoms with Crippen LogP contribution >= 0.6 is 0 Å². The second-order valence-corrected chi connectivity index (χ2v) is 4.78. The van der Waals surface area contributed by atoms with E-state index in [2.05, 4.69) is 4.90 Å². The van der Waals surface area contributed by atoms with Crippen LogP contribution in [-0.4, -0.2) is 56.5 Å². The SMILES string of the molecule is NCC1COCCN1CCCC1CCCO1. The normalized spacial score (nSPS) is 32.1. The van der Waals surface area contributed by atoms with E-state index < -0.39 is 0 Å². The summed E-state index contributed by atoms with van der Waals surface area (Å²) in [6, 6.07) is 0.429. The Morgan fingerprint density at radius 1 is 1.31 bits per heavy atom. The van der Waals surface area contributed by atoms with Crippen molar-refractivity contribution in [3.05, 3.63) is 0 Å². The lowest BCUT2D eigenvalue weighted by Crippen LogP contribution is -2.49. The van der Waals surface area contributed by atoms with E-state index in [1.165, 1.54) is 25.7 Å². The van der Waals surface area contributed by atoms with Crippen LogP contribution in [-0.2, 0) is 9.47 Å². The summed E-state index contributed by atoms with van der Waals surface area (Å²) in [6.45, 7) is 5.51. The van der Waals surface area contributed by atoms with Gasteiger partial charge in [0.15, 0.2) is 0 Å². The molecule has 2 aliphatic rings. The van der Waals surface area contributed by atoms with E-state index in [1.54, 1.807) is 0 Å². The minimum absolute atomic E-state index is 0.429. The molecule has 16 heavy (non-hydrogen) atoms. The standard InChI is InChI=1S/C12H24N2O2/c13-9-11-10-15-8-6-14(11)5-1-3-12-4-2-7-16-12/h11-12H,1-10,13H2. The van der Waals surface area contributed by atoms with Crippen molar-refractivity contribution in [3.8, 4) is 0 Å². The minimum Gasteiger partial charge on any atom is -0.378 e. The maximum atomic E-state index is 5.74. The smallest absolute Gasteiger partial charge is 0.0634 e. The Bertz CT molecular complexity index is 195. The van der Waals surface area contributed by atoms with Gasteiger partial charge in [0, 0.05) is 25.7 Å². The molecule has 2 saturated heterocycles. The van der Waals surface area contributed by atoms with Crippen LogP contribution in [0.25, 0.3) is 0 Å². The van der Waals surface area contributed by atoms with Crippen molar-refractivity contribution >= 4 is 0 Å². The predicted octanol–water partition coefficient (Wildman–Crippen LogP) is 0.605. The molecule has 0 radical (unpaired) electrons. The van der Waals surface area contributed by atoms with E-state index >= 15 is 0 Å². The fourth-order valence-corrected chi connectivity index (χ4v) is 2.59. The van der Waals surface area contributed by atoms with Crippen LogP contribution in [0.2, 0.25) is 0 Å². The van der Waals surface area contributed by atoms with Gasteiger partial charge in [-0.2, -0.15) is 0 Å². The monoisotopic (exact) mass is 228 g/mol. The van der Waals surface area contributed by atoms with Gasteiger partial charge in [0.1, 0.15) is 0 Å². The van der Waals surface area contributed by atoms with E-state index in [1.807, 2.05) is 0 Å². The van der Waals surface area contributed by atoms with Gasteiger partial charge in [-0.25, -0.2) is 0 Å². The first-order valence-corrected chi connectivity index (χ1v) is 6.53. The first kappa shape index (κ1) is 12.3. The number of nitrogens with zero attached hydrogens (tertiary/aromatic N) is 1. The molecule has 2 N–H and O–H groups in total. The molecule has 2 atom stereocenters. The highest BCUT2D eigenvalue weighted by Gasteiger charge is 2.22. The molecular formula is C12H24N2O2. The maximum Gasteiger partial charge on any atom is 0.0634 e. The fraction of sp³-hybridized carbons (Fsp3) is 1.00. The Hall–Kier alpha value is -0.160. The lowest BCUT2D eigenvalue weighted by molar-refractivity contribution is -0.00625. The van der Waals surface area contributed by atoms with Crippen molar-refractivity contribution in [2.75, 3.05) is 39.5 Å². The lowest BCUT2D eigenvalue weighted by Gasteiger charge is -2.34. The number of morpholine rings is 1. The van der Waals surface area contributed by atoms with Crippen LogP contribution in [0.1, 0.15) is 25.7 Å². The van der Waals surface area contributed by atoms with Crippen molar-refractivity contribution < 1.29 is 9.47 Å². The molecule has 94 valence electrons. The van der Waals surface area contributed by atoms with Crippen LogP contribution in [0.15, 0.2) is 0 Å². The zero-order chi connectivity index (χ0) is 11.2. The Morgan fingerprint density at radius 3 is 3.00 bits per heavy atom. The molecule has 0 aromatic heterocycles. The predicted molar refractivity (Wildman–Crippen MR) is 63.4 cm³/mol. The van der Waals surface area contributed by atoms with Crippen molar-refractivity contribution in [3.63, 3.8) is 0 Å². The lowest BCUT2D eigenvalue weighted by atomic mass is 10.1. The van der Waals surface area contributed by atoms with E-state index in [-0.39, 0.29) is 0 Å². The molecule has 0 spiro atoms. The largest absolute Gasteiger partial charge is 0.378 e. The number of rotatable bonds is 5. The molecule has 0 aromatic carbocycles. The average molecular weight is 228 g/mol. The summed E-state index contributed by atoms with van der Waals surface area (Å²) in [4.78, 5) is 2.47. The summed E-state index contributed by atoms with van der Waals surface area (Å²) in [6.07, 6.45) is 5.45. The average Bonchev–Trinajstić information content (AvgIpc) is 2.83. The Morgan fingerprint density at radius 2 is 2.25 bits per heavy atom. The second kappa shape index (κ2) is 6.55. The third-order valence-corrected chi connectivity index (χ3v) is 3.62. The molecule has 0 saturated carbocycles. The third-order valence-electron chi connectivity index (χ3n) is 3.62. The highest BCUT2D eigenvalue weighted by atomic mass is 16.5. The molecule has 0 aromatic rings. The van der Waals surface area contributed by atoms with Crippen LogP contribution in [0.5, 0.6) is 0 Å². The molecule has 2 fully saturated rings. The zero-order valence-corrected chi connectivity index (χ0v) is 10.1. The Labute approximate surface area is 98.1 Å². The third kappa shape index (κ3) is 3.42. The number of hydrogen-bond acceptors (Lipinski definition) is 4. The summed E-state index contributed by atoms with van der Waals surface area (Å²) in [5.74, 6) is 0. The summed E-state index contributed by atoms with van der Waals surface area (Å²) < 4.78 is 11.1. The van der Waals surface area contributed by atoms with E-state index in [4.69, 9.17) is 15.2 Å². The minimum atomic E-state index is 0.429. The molecule has 2 heterocycles. The van der Waals surface area contributed by atoms with Crippen LogP contribution in [0.4, 0.5) is 0 Å². The van der Waals surface area contributed by atoms with E-state index in [9.17, 15) is 0 Å². The molecule has 0 bridgehead atoms. The van der Waals surface area contributed by atoms with Gasteiger partial charge in [0.2, 0.25) is 0 Å². The molecule has 2 aliphatic heterocycles. The zero-order valence-electron chi connectivity index (χ0n) is 10.1. The number of ether oxygens (including phenoxy) is 2. The van der Waals surface area contributed by atoms with Gasteiger partial charge < -0.3 is 15.2 Å². The van der Waals surface area contributed by atoms with Crippen molar-refractivity contribution in [2.24, 2.45) is 5.73 Å². The highest BCUT2D eigenvalue weighted by molar-refractivity contribution is 4.76. The van der Waals surface area contributed by atoms with Crippen molar-refractivity contribution in [1.29, 1.82) is 0 Å². The first-order valence-electron chi connectivity index (χ1n) is 6.53. The quantitative estimate of drug-likeness (QED) is 0.749. The van der Waals surface area contributed by atoms with Crippen LogP contribution in [0.3, 0.4) is 0 Å². The van der Waals surface area contributed by atoms with Gasteiger partial charge in [0.25, 0.3) is 0 Å². The van der Waals surface area contributed by atoms with Crippen LogP contribution < -0.4 is 5.73 Å². The topological polar surface area (TPSA) is 47.7 Å². The summed E-state index contributed by atoms with van der Waals surface area (Å²) in [5.41, 5.74) is 5.74. The van der Waals surface area contributed by atoms with Gasteiger partial charge in [-0.3, -0.25) is 4.90 Å². The molecule has 4 heteroatoms. The van der Waals surface area contributed by atoms with Crippen molar-refractivity contribution in [2.45, 2.75) is 37.8 Å². The van der Waals surface area contributed by atoms with Gasteiger partial charge in [-0.1, -0.05) is 0 Å². The number of hydrogen-bond donors (Lipinski definition) is 1. The maximum absolute atomic E-state index is 5.74. The molecule has 0 amide bonds. The van der Waals surface area contributed by atoms with E-state index in [0.29, 0.717) is 18.7 Å². The number of nitrogens with two attached hydrogens (primary N) is 1. The Balaban J connectivity index is 1.63. The summed E-state index contributed by atoms with van der Waals surface area (Å²) in [5, 5.41) is 0. The molecular weight excluding hydrogens is 204 g/mol. The molecule has 0 aliphatic carbocycles. The van der Waals surface area contributed by atoms with E-state index in [0.717, 1.165) is 32.9 Å². The van der Waals surface area contributed by atoms with Gasteiger partial charge in [0.05, 0.1) is 19.3 Å². The van der Waals surface area contributed by atoms with Crippen molar-refractivity contribution in [1.82, 2.24) is 4.90 Å². The highest BCUT2D eigenvalue weighted by Crippen LogP contribution is 2.17.